The Morgan fingerprint density at radius 3 is 2.67 bits per heavy atom. The zero-order chi connectivity index (χ0) is 17.2. The van der Waals surface area contributed by atoms with Crippen LogP contribution in [0.2, 0.25) is 0 Å². The van der Waals surface area contributed by atoms with E-state index < -0.39 is 26.4 Å². The number of hydrogen-bond donors (Lipinski definition) is 1. The van der Waals surface area contributed by atoms with E-state index in [0.717, 1.165) is 32.1 Å². The monoisotopic (exact) mass is 356 g/mol. The van der Waals surface area contributed by atoms with Crippen molar-refractivity contribution in [2.75, 3.05) is 13.2 Å². The van der Waals surface area contributed by atoms with Crippen LogP contribution in [0, 0.1) is 10.1 Å². The van der Waals surface area contributed by atoms with E-state index in [0.29, 0.717) is 6.61 Å². The molecule has 1 aliphatic carbocycles. The van der Waals surface area contributed by atoms with Crippen LogP contribution in [-0.4, -0.2) is 38.4 Å². The number of nitro benzene ring substituents is 1. The summed E-state index contributed by atoms with van der Waals surface area (Å²) in [5.41, 5.74) is -0.447. The van der Waals surface area contributed by atoms with Crippen molar-refractivity contribution in [3.8, 4) is 0 Å². The zero-order valence-corrected chi connectivity index (χ0v) is 14.0. The van der Waals surface area contributed by atoms with Crippen LogP contribution in [0.4, 0.5) is 5.69 Å². The van der Waals surface area contributed by atoms with E-state index >= 15 is 0 Å². The molecule has 1 aliphatic heterocycles. The molecule has 3 rings (SSSR count). The molecular formula is C15H20N2O6S. The summed E-state index contributed by atoms with van der Waals surface area (Å²) in [7, 11) is -3.99. The molecule has 2 aliphatic rings. The minimum atomic E-state index is -3.99. The number of hydrogen-bond acceptors (Lipinski definition) is 6. The Labute approximate surface area is 140 Å². The minimum Gasteiger partial charge on any atom is -0.347 e. The fraction of sp³-hybridized carbons (Fsp3) is 0.600. The van der Waals surface area contributed by atoms with Crippen LogP contribution >= 0.6 is 0 Å². The quantitative estimate of drug-likeness (QED) is 0.638. The summed E-state index contributed by atoms with van der Waals surface area (Å²) in [4.78, 5) is 9.95. The summed E-state index contributed by atoms with van der Waals surface area (Å²) < 4.78 is 38.8. The van der Waals surface area contributed by atoms with Crippen molar-refractivity contribution in [3.63, 3.8) is 0 Å². The van der Waals surface area contributed by atoms with Crippen molar-refractivity contribution in [1.29, 1.82) is 0 Å². The Hall–Kier alpha value is -1.55. The molecule has 1 N–H and O–H groups in total. The summed E-state index contributed by atoms with van der Waals surface area (Å²) in [6, 6.07) is 5.27. The van der Waals surface area contributed by atoms with E-state index in [4.69, 9.17) is 9.47 Å². The molecule has 0 bridgehead atoms. The van der Waals surface area contributed by atoms with Gasteiger partial charge in [-0.2, -0.15) is 0 Å². The van der Waals surface area contributed by atoms with Gasteiger partial charge in [0.05, 0.1) is 17.6 Å². The lowest BCUT2D eigenvalue weighted by Gasteiger charge is -2.31. The molecule has 132 valence electrons. The summed E-state index contributed by atoms with van der Waals surface area (Å²) in [6.45, 7) is 0.343. The fourth-order valence-electron chi connectivity index (χ4n) is 3.19. The minimum absolute atomic E-state index is 0.0239. The molecule has 1 aromatic carbocycles. The van der Waals surface area contributed by atoms with Gasteiger partial charge >= 0.3 is 0 Å². The summed E-state index contributed by atoms with van der Waals surface area (Å²) >= 11 is 0. The molecule has 1 atom stereocenters. The van der Waals surface area contributed by atoms with E-state index in [-0.39, 0.29) is 17.5 Å². The Bertz CT molecular complexity index is 714. The summed E-state index contributed by atoms with van der Waals surface area (Å²) in [6.07, 6.45) is 4.48. The molecule has 0 amide bonds. The lowest BCUT2D eigenvalue weighted by Crippen LogP contribution is -2.37. The van der Waals surface area contributed by atoms with Gasteiger partial charge in [0.1, 0.15) is 0 Å². The average molecular weight is 356 g/mol. The van der Waals surface area contributed by atoms with Crippen LogP contribution in [0.5, 0.6) is 0 Å². The molecule has 1 unspecified atom stereocenters. The first-order chi connectivity index (χ1) is 11.4. The number of nitro groups is 1. The van der Waals surface area contributed by atoms with Crippen LogP contribution in [0.3, 0.4) is 0 Å². The van der Waals surface area contributed by atoms with E-state index in [1.165, 1.54) is 24.3 Å². The Kier molecular flexibility index (Phi) is 4.86. The largest absolute Gasteiger partial charge is 0.347 e. The summed E-state index contributed by atoms with van der Waals surface area (Å²) in [5, 5.41) is 11.0. The van der Waals surface area contributed by atoms with Gasteiger partial charge in [0.2, 0.25) is 10.0 Å². The second-order valence-electron chi connectivity index (χ2n) is 6.10. The number of para-hydroxylation sites is 1. The highest BCUT2D eigenvalue weighted by molar-refractivity contribution is 7.89. The van der Waals surface area contributed by atoms with E-state index in [9.17, 15) is 18.5 Å². The first-order valence-corrected chi connectivity index (χ1v) is 9.45. The van der Waals surface area contributed by atoms with Gasteiger partial charge in [-0.25, -0.2) is 13.1 Å². The second-order valence-corrected chi connectivity index (χ2v) is 7.83. The van der Waals surface area contributed by atoms with Crippen LogP contribution in [0.15, 0.2) is 29.2 Å². The lowest BCUT2D eigenvalue weighted by atomic mass is 9.94. The van der Waals surface area contributed by atoms with Gasteiger partial charge < -0.3 is 9.47 Å². The fourth-order valence-corrected chi connectivity index (χ4v) is 4.42. The molecule has 0 radical (unpaired) electrons. The predicted molar refractivity (Wildman–Crippen MR) is 84.9 cm³/mol. The van der Waals surface area contributed by atoms with Gasteiger partial charge in [-0.1, -0.05) is 18.6 Å². The van der Waals surface area contributed by atoms with Gasteiger partial charge in [0, 0.05) is 25.5 Å². The Morgan fingerprint density at radius 2 is 1.96 bits per heavy atom. The van der Waals surface area contributed by atoms with Gasteiger partial charge in [-0.15, -0.1) is 0 Å². The third-order valence-electron chi connectivity index (χ3n) is 4.38. The second kappa shape index (κ2) is 6.75. The van der Waals surface area contributed by atoms with Crippen molar-refractivity contribution in [3.05, 3.63) is 34.4 Å². The Morgan fingerprint density at radius 1 is 1.25 bits per heavy atom. The van der Waals surface area contributed by atoms with Crippen LogP contribution in [0.1, 0.15) is 32.1 Å². The number of nitrogens with zero attached hydrogens (tertiary/aromatic N) is 1. The molecule has 1 saturated carbocycles. The van der Waals surface area contributed by atoms with Gasteiger partial charge in [0.15, 0.2) is 10.7 Å². The number of rotatable bonds is 5. The van der Waals surface area contributed by atoms with Gasteiger partial charge in [-0.3, -0.25) is 10.1 Å². The molecule has 1 aromatic rings. The van der Waals surface area contributed by atoms with Crippen molar-refractivity contribution in [2.45, 2.75) is 48.9 Å². The highest BCUT2D eigenvalue weighted by Gasteiger charge is 2.42. The topological polar surface area (TPSA) is 108 Å². The molecule has 1 saturated heterocycles. The number of ether oxygens (including phenoxy) is 2. The molecule has 8 nitrogen and oxygen atoms in total. The zero-order valence-electron chi connectivity index (χ0n) is 13.1. The lowest BCUT2D eigenvalue weighted by molar-refractivity contribution is -0.387. The smallest absolute Gasteiger partial charge is 0.289 e. The standard InChI is InChI=1S/C15H20N2O6S/c18-17(19)13-6-2-3-7-14(13)24(20,21)16-10-12-11-22-15(23-12)8-4-1-5-9-15/h2-3,6-7,12,16H,1,4-5,8-11H2. The third kappa shape index (κ3) is 3.59. The molecule has 2 fully saturated rings. The maximum absolute atomic E-state index is 12.4. The number of benzene rings is 1. The molecule has 9 heteroatoms. The number of sulfonamides is 1. The van der Waals surface area contributed by atoms with E-state index in [2.05, 4.69) is 4.72 Å². The first kappa shape index (κ1) is 17.3. The highest BCUT2D eigenvalue weighted by Crippen LogP contribution is 2.37. The van der Waals surface area contributed by atoms with Crippen LogP contribution < -0.4 is 4.72 Å². The van der Waals surface area contributed by atoms with E-state index in [1.807, 2.05) is 0 Å². The molecule has 1 heterocycles. The third-order valence-corrected chi connectivity index (χ3v) is 5.85. The molecule has 1 spiro atoms. The molecule has 24 heavy (non-hydrogen) atoms. The molecule has 0 aromatic heterocycles. The van der Waals surface area contributed by atoms with Crippen molar-refractivity contribution < 1.29 is 22.8 Å². The highest BCUT2D eigenvalue weighted by atomic mass is 32.2. The summed E-state index contributed by atoms with van der Waals surface area (Å²) in [5.74, 6) is -0.576. The van der Waals surface area contributed by atoms with Crippen molar-refractivity contribution in [2.24, 2.45) is 0 Å². The van der Waals surface area contributed by atoms with Gasteiger partial charge in [-0.05, 0) is 18.9 Å². The van der Waals surface area contributed by atoms with Crippen molar-refractivity contribution in [1.82, 2.24) is 4.72 Å². The van der Waals surface area contributed by atoms with Gasteiger partial charge in [0.25, 0.3) is 5.69 Å². The van der Waals surface area contributed by atoms with Crippen molar-refractivity contribution >= 4 is 15.7 Å². The normalized spacial score (nSPS) is 23.4. The Balaban J connectivity index is 1.65. The van der Waals surface area contributed by atoms with Crippen LogP contribution in [0.25, 0.3) is 0 Å². The van der Waals surface area contributed by atoms with Crippen LogP contribution in [-0.2, 0) is 19.5 Å². The predicted octanol–water partition coefficient (Wildman–Crippen LogP) is 1.95. The SMILES string of the molecule is O=[N+]([O-])c1ccccc1S(=O)(=O)NCC1COC2(CCCCC2)O1. The van der Waals surface area contributed by atoms with E-state index in [1.54, 1.807) is 0 Å². The average Bonchev–Trinajstić information content (AvgIpc) is 2.96. The maximum atomic E-state index is 12.4. The number of nitrogens with one attached hydrogen (secondary N) is 1. The maximum Gasteiger partial charge on any atom is 0.289 e. The first-order valence-electron chi connectivity index (χ1n) is 7.97. The molecular weight excluding hydrogens is 336 g/mol.